The Kier molecular flexibility index (Phi) is 5.93. The third kappa shape index (κ3) is 4.21. The van der Waals surface area contributed by atoms with Gasteiger partial charge >= 0.3 is 6.03 Å². The molecule has 2 aliphatic heterocycles. The largest absolute Gasteiger partial charge is 0.344 e. The molecular formula is C22H23FN4O5S. The van der Waals surface area contributed by atoms with Crippen molar-refractivity contribution < 1.29 is 27.2 Å². The lowest BCUT2D eigenvalue weighted by Gasteiger charge is -2.31. The molecule has 174 valence electrons. The van der Waals surface area contributed by atoms with Gasteiger partial charge in [-0.25, -0.2) is 17.6 Å². The van der Waals surface area contributed by atoms with E-state index in [1.165, 1.54) is 16.4 Å². The van der Waals surface area contributed by atoms with Crippen molar-refractivity contribution in [3.05, 3.63) is 66.0 Å². The molecule has 2 aliphatic rings. The first kappa shape index (κ1) is 22.9. The summed E-state index contributed by atoms with van der Waals surface area (Å²) in [6.07, 6.45) is 0.428. The third-order valence-electron chi connectivity index (χ3n) is 6.04. The molecule has 2 aromatic rings. The fourth-order valence-electron chi connectivity index (χ4n) is 4.02. The average molecular weight is 475 g/mol. The zero-order valence-corrected chi connectivity index (χ0v) is 18.6. The maximum atomic E-state index is 13.1. The van der Waals surface area contributed by atoms with Crippen molar-refractivity contribution in [2.75, 3.05) is 13.1 Å². The Labute approximate surface area is 190 Å². The molecule has 2 N–H and O–H groups in total. The number of benzene rings is 2. The van der Waals surface area contributed by atoms with E-state index >= 15 is 0 Å². The predicted octanol–water partition coefficient (Wildman–Crippen LogP) is 1.72. The van der Waals surface area contributed by atoms with Crippen LogP contribution in [0.1, 0.15) is 25.3 Å². The summed E-state index contributed by atoms with van der Waals surface area (Å²) < 4.78 is 39.8. The topological polar surface area (TPSA) is 116 Å². The highest BCUT2D eigenvalue weighted by Gasteiger charge is 2.50. The molecule has 0 radical (unpaired) electrons. The zero-order valence-electron chi connectivity index (χ0n) is 17.8. The molecule has 0 aliphatic carbocycles. The Balaban J connectivity index is 1.39. The van der Waals surface area contributed by atoms with E-state index in [1.54, 1.807) is 37.3 Å². The minimum absolute atomic E-state index is 0.0219. The van der Waals surface area contributed by atoms with Gasteiger partial charge in [0, 0.05) is 19.0 Å². The number of hydrogen-bond acceptors (Lipinski definition) is 5. The number of hydrogen-bond donors (Lipinski definition) is 2. The number of nitrogens with one attached hydrogen (secondary N) is 2. The van der Waals surface area contributed by atoms with Gasteiger partial charge in [0.2, 0.25) is 15.9 Å². The van der Waals surface area contributed by atoms with Crippen LogP contribution in [0.3, 0.4) is 0 Å². The first-order valence-electron chi connectivity index (χ1n) is 10.4. The number of halogens is 1. The van der Waals surface area contributed by atoms with Gasteiger partial charge in [-0.15, -0.1) is 0 Å². The van der Waals surface area contributed by atoms with Crippen molar-refractivity contribution in [3.63, 3.8) is 0 Å². The van der Waals surface area contributed by atoms with Crippen LogP contribution in [0.5, 0.6) is 0 Å². The minimum atomic E-state index is -3.81. The summed E-state index contributed by atoms with van der Waals surface area (Å²) >= 11 is 0. The van der Waals surface area contributed by atoms with Crippen LogP contribution in [0.25, 0.3) is 0 Å². The highest BCUT2D eigenvalue weighted by atomic mass is 32.2. The van der Waals surface area contributed by atoms with Gasteiger partial charge in [-0.05, 0) is 49.6 Å². The lowest BCUT2D eigenvalue weighted by molar-refractivity contribution is -0.141. The molecule has 33 heavy (non-hydrogen) atoms. The van der Waals surface area contributed by atoms with Crippen molar-refractivity contribution in [3.8, 4) is 0 Å². The molecule has 0 saturated carbocycles. The number of imide groups is 1. The van der Waals surface area contributed by atoms with Crippen molar-refractivity contribution in [2.45, 2.75) is 30.2 Å². The van der Waals surface area contributed by atoms with E-state index in [4.69, 9.17) is 0 Å². The van der Waals surface area contributed by atoms with Gasteiger partial charge in [0.15, 0.2) is 0 Å². The number of rotatable bonds is 5. The van der Waals surface area contributed by atoms with E-state index in [0.717, 1.165) is 12.1 Å². The number of piperidine rings is 1. The first-order valence-corrected chi connectivity index (χ1v) is 11.9. The summed E-state index contributed by atoms with van der Waals surface area (Å²) in [5.41, 5.74) is 1.66. The molecule has 0 aromatic heterocycles. The maximum Gasteiger partial charge on any atom is 0.344 e. The Morgan fingerprint density at radius 2 is 1.67 bits per heavy atom. The van der Waals surface area contributed by atoms with Gasteiger partial charge in [-0.2, -0.15) is 9.31 Å². The van der Waals surface area contributed by atoms with E-state index in [0.29, 0.717) is 10.6 Å². The third-order valence-corrected chi connectivity index (χ3v) is 7.95. The standard InChI is InChI=1S/C22H23FN4O5S/c1-22(16-5-3-2-4-6-16)20(29)27(21(30)24-22)25-19(28)15-11-13-26(14-12-15)33(31,32)18-9-7-17(23)8-10-18/h2-10,15H,11-14H2,1H3,(H,24,30)(H,25,28)/t22-/m1/s1. The Morgan fingerprint density at radius 3 is 2.27 bits per heavy atom. The molecule has 2 heterocycles. The van der Waals surface area contributed by atoms with Gasteiger partial charge in [0.05, 0.1) is 4.90 Å². The number of nitrogens with zero attached hydrogens (tertiary/aromatic N) is 2. The monoisotopic (exact) mass is 474 g/mol. The van der Waals surface area contributed by atoms with Crippen LogP contribution < -0.4 is 10.7 Å². The van der Waals surface area contributed by atoms with Gasteiger partial charge in [0.1, 0.15) is 11.4 Å². The number of carbonyl (C=O) groups is 3. The second kappa shape index (κ2) is 8.56. The van der Waals surface area contributed by atoms with Crippen molar-refractivity contribution in [2.24, 2.45) is 5.92 Å². The van der Waals surface area contributed by atoms with Gasteiger partial charge in [0.25, 0.3) is 5.91 Å². The Hall–Kier alpha value is -3.31. The quantitative estimate of drug-likeness (QED) is 0.641. The molecule has 0 unspecified atom stereocenters. The SMILES string of the molecule is C[C@]1(c2ccccc2)NC(=O)N(NC(=O)C2CCN(S(=O)(=O)c3ccc(F)cc3)CC2)C1=O. The van der Waals surface area contributed by atoms with Crippen LogP contribution in [0, 0.1) is 11.7 Å². The van der Waals surface area contributed by atoms with Crippen molar-refractivity contribution >= 4 is 27.9 Å². The molecule has 9 nitrogen and oxygen atoms in total. The van der Waals surface area contributed by atoms with Gasteiger partial charge in [-0.1, -0.05) is 30.3 Å². The van der Waals surface area contributed by atoms with Crippen LogP contribution in [0.2, 0.25) is 0 Å². The van der Waals surface area contributed by atoms with Crippen LogP contribution in [0.4, 0.5) is 9.18 Å². The highest BCUT2D eigenvalue weighted by molar-refractivity contribution is 7.89. The van der Waals surface area contributed by atoms with E-state index in [9.17, 15) is 27.2 Å². The average Bonchev–Trinajstić information content (AvgIpc) is 3.04. The van der Waals surface area contributed by atoms with Gasteiger partial charge in [-0.3, -0.25) is 15.0 Å². The highest BCUT2D eigenvalue weighted by Crippen LogP contribution is 2.29. The summed E-state index contributed by atoms with van der Waals surface area (Å²) in [4.78, 5) is 38.1. The van der Waals surface area contributed by atoms with Crippen LogP contribution in [-0.4, -0.2) is 48.7 Å². The summed E-state index contributed by atoms with van der Waals surface area (Å²) in [5, 5.41) is 3.29. The second-order valence-electron chi connectivity index (χ2n) is 8.17. The minimum Gasteiger partial charge on any atom is -0.318 e. The van der Waals surface area contributed by atoms with Crippen molar-refractivity contribution in [1.82, 2.24) is 20.1 Å². The summed E-state index contributed by atoms with van der Waals surface area (Å²) in [6, 6.07) is 12.5. The Morgan fingerprint density at radius 1 is 1.06 bits per heavy atom. The normalized spacial score (nSPS) is 22.3. The van der Waals surface area contributed by atoms with Crippen LogP contribution in [-0.2, 0) is 25.2 Å². The molecule has 2 fully saturated rings. The molecule has 0 bridgehead atoms. The molecule has 4 rings (SSSR count). The Bertz CT molecular complexity index is 1180. The summed E-state index contributed by atoms with van der Waals surface area (Å²) in [5.74, 6) is -2.25. The summed E-state index contributed by atoms with van der Waals surface area (Å²) in [6.45, 7) is 1.73. The molecule has 11 heteroatoms. The van der Waals surface area contributed by atoms with Gasteiger partial charge < -0.3 is 5.32 Å². The maximum absolute atomic E-state index is 13.1. The van der Waals surface area contributed by atoms with E-state index in [-0.39, 0.29) is 30.8 Å². The molecule has 2 aromatic carbocycles. The number of carbonyl (C=O) groups excluding carboxylic acids is 3. The molecule has 4 amide bonds. The van der Waals surface area contributed by atoms with Crippen molar-refractivity contribution in [1.29, 1.82) is 0 Å². The van der Waals surface area contributed by atoms with E-state index in [1.807, 2.05) is 0 Å². The first-order chi connectivity index (χ1) is 15.6. The molecular weight excluding hydrogens is 451 g/mol. The summed E-state index contributed by atoms with van der Waals surface area (Å²) in [7, 11) is -3.81. The number of hydrazine groups is 1. The lowest BCUT2D eigenvalue weighted by Crippen LogP contribution is -2.51. The zero-order chi connectivity index (χ0) is 23.8. The molecule has 0 spiro atoms. The number of amides is 4. The molecule has 1 atom stereocenters. The lowest BCUT2D eigenvalue weighted by atomic mass is 9.92. The fourth-order valence-corrected chi connectivity index (χ4v) is 5.49. The van der Waals surface area contributed by atoms with Crippen LogP contribution in [0.15, 0.2) is 59.5 Å². The predicted molar refractivity (Wildman–Crippen MR) is 115 cm³/mol. The molecule has 2 saturated heterocycles. The number of urea groups is 1. The van der Waals surface area contributed by atoms with Crippen LogP contribution >= 0.6 is 0 Å². The van der Waals surface area contributed by atoms with E-state index in [2.05, 4.69) is 10.7 Å². The fraction of sp³-hybridized carbons (Fsp3) is 0.318. The van der Waals surface area contributed by atoms with E-state index < -0.39 is 45.1 Å². The smallest absolute Gasteiger partial charge is 0.318 e. The number of sulfonamides is 1. The second-order valence-corrected chi connectivity index (χ2v) is 10.1.